The first-order chi connectivity index (χ1) is 31.6. The second kappa shape index (κ2) is 31.1. The number of sulfone groups is 2. The number of carbonyl (C=O) groups excluding carboxylic acids is 1. The Bertz CT molecular complexity index is 3130. The van der Waals surface area contributed by atoms with Gasteiger partial charge in [-0.3, -0.25) is 23.2 Å². The molecule has 36 heteroatoms. The number of fused-ring (bicyclic) bond motifs is 1. The Labute approximate surface area is 502 Å². The molecule has 0 heterocycles. The van der Waals surface area contributed by atoms with Crippen LogP contribution in [0.4, 0.5) is 34.1 Å². The van der Waals surface area contributed by atoms with E-state index >= 15 is 0 Å². The summed E-state index contributed by atoms with van der Waals surface area (Å²) >= 11 is 0.281. The summed E-state index contributed by atoms with van der Waals surface area (Å²) in [5.74, 6) is -3.55. The maximum atomic E-state index is 13.9. The first kappa shape index (κ1) is 67.7. The van der Waals surface area contributed by atoms with E-state index in [2.05, 4.69) is 47.6 Å². The number of nitrogen functional groups attached to an aromatic ring is 1. The molecule has 0 fully saturated rings. The number of aromatic hydroxyl groups is 1. The number of benzene rings is 5. The molecule has 3 N–H and O–H groups in total. The van der Waals surface area contributed by atoms with E-state index < -0.39 is 104 Å². The second-order valence-corrected chi connectivity index (χ2v) is 21.0. The smallest absolute Gasteiger partial charge is 0.744 e. The second-order valence-electron chi connectivity index (χ2n) is 12.9. The van der Waals surface area contributed by atoms with Crippen molar-refractivity contribution in [3.8, 4) is 5.75 Å². The van der Waals surface area contributed by atoms with E-state index in [0.29, 0.717) is 6.07 Å². The van der Waals surface area contributed by atoms with Gasteiger partial charge in [0, 0.05) is 28.6 Å². The number of azo groups is 2. The summed E-state index contributed by atoms with van der Waals surface area (Å²) in [5, 5.41) is 54.8. The van der Waals surface area contributed by atoms with E-state index in [1.807, 2.05) is 0 Å². The van der Waals surface area contributed by atoms with Gasteiger partial charge in [-0.1, -0.05) is 24.3 Å². The molecule has 0 aliphatic carbocycles. The van der Waals surface area contributed by atoms with Crippen LogP contribution in [0.2, 0.25) is 0 Å². The largest absolute Gasteiger partial charge is 1.00 e. The van der Waals surface area contributed by atoms with Crippen molar-refractivity contribution in [3.05, 3.63) is 96.6 Å². The fourth-order valence-corrected chi connectivity index (χ4v) is 9.68. The van der Waals surface area contributed by atoms with Crippen molar-refractivity contribution in [2.24, 2.45) is 20.5 Å². The van der Waals surface area contributed by atoms with Gasteiger partial charge in [-0.25, -0.2) is 33.7 Å². The van der Waals surface area contributed by atoms with Crippen molar-refractivity contribution in [2.45, 2.75) is 14.7 Å². The topological polar surface area (TPSA) is 400 Å². The van der Waals surface area contributed by atoms with Crippen LogP contribution in [0.15, 0.2) is 126 Å². The summed E-state index contributed by atoms with van der Waals surface area (Å²) < 4.78 is 137. The van der Waals surface area contributed by atoms with Gasteiger partial charge in [0.2, 0.25) is 10.4 Å². The van der Waals surface area contributed by atoms with Gasteiger partial charge in [-0.05, 0) is 66.7 Å². The minimum absolute atomic E-state index is 0. The fraction of sp³-hybridized carbons (Fsp3) is 0.171. The summed E-state index contributed by atoms with van der Waals surface area (Å²) in [7, 11) is -18.9. The van der Waals surface area contributed by atoms with Crippen molar-refractivity contribution >= 4 is 115 Å². The molecular weight excluding hydrogens is 1110 g/mol. The van der Waals surface area contributed by atoms with Gasteiger partial charge in [0.15, 0.2) is 37.7 Å². The van der Waals surface area contributed by atoms with E-state index in [1.54, 1.807) is 18.2 Å². The van der Waals surface area contributed by atoms with Crippen molar-refractivity contribution in [1.29, 1.82) is 0 Å². The van der Waals surface area contributed by atoms with Crippen molar-refractivity contribution in [1.82, 2.24) is 0 Å². The standard InChI is InChI=1S/C35H34N6O20S6.4Na/c36-28-11-10-26-27(32(28)39-38-29-12-9-25(20-31(29)66(50,51)52)65(48,49)18-14-56-63-61-59-45)21-30(62-60-58-44)33(34(26)42)40-37-23-6-4-5-22(19-23)35(43)41(24-7-2-1-3-8-24)13-16-64(46,47)17-15-57-67(53,54)55;;;;/h1-12,19-21,42,44-45H,13-18,36H2,(H,50,51,52)(H,53,54,55);;;;/q;4*+1/p-4. The molecule has 0 saturated heterocycles. The number of para-hydroxylation sites is 1. The Hall–Kier alpha value is -1.27. The summed E-state index contributed by atoms with van der Waals surface area (Å²) in [4.78, 5) is 13.1. The first-order valence-corrected chi connectivity index (χ1v) is 25.7. The number of amides is 1. The van der Waals surface area contributed by atoms with E-state index in [9.17, 15) is 63.2 Å². The Morgan fingerprint density at radius 3 is 2.03 bits per heavy atom. The van der Waals surface area contributed by atoms with E-state index in [-0.39, 0.29) is 192 Å². The van der Waals surface area contributed by atoms with Gasteiger partial charge in [0.25, 0.3) is 5.91 Å². The average molecular weight is 1140 g/mol. The predicted molar refractivity (Wildman–Crippen MR) is 227 cm³/mol. The molecule has 0 spiro atoms. The van der Waals surface area contributed by atoms with Crippen LogP contribution in [-0.2, 0) is 67.3 Å². The van der Waals surface area contributed by atoms with E-state index in [1.165, 1.54) is 54.6 Å². The zero-order valence-corrected chi connectivity index (χ0v) is 50.3. The van der Waals surface area contributed by atoms with E-state index in [0.717, 1.165) is 17.0 Å². The van der Waals surface area contributed by atoms with Gasteiger partial charge < -0.3 is 35.4 Å². The number of rotatable bonds is 24. The minimum atomic E-state index is -5.41. The first-order valence-electron chi connectivity index (χ1n) is 18.0. The van der Waals surface area contributed by atoms with Crippen LogP contribution in [0.5, 0.6) is 5.75 Å². The number of carbonyl (C=O) groups is 1. The molecule has 0 unspecified atom stereocenters. The normalized spacial score (nSPS) is 11.9. The Morgan fingerprint density at radius 1 is 0.704 bits per heavy atom. The maximum absolute atomic E-state index is 13.9. The molecule has 0 saturated carbocycles. The van der Waals surface area contributed by atoms with Gasteiger partial charge in [0.1, 0.15) is 27.2 Å². The Balaban J connectivity index is 0.00000630. The molecule has 1 amide bonds. The summed E-state index contributed by atoms with van der Waals surface area (Å²) in [6, 6.07) is 19.6. The summed E-state index contributed by atoms with van der Waals surface area (Å²) in [5.41, 5.74) is 5.15. The molecule has 5 aromatic carbocycles. The van der Waals surface area contributed by atoms with Crippen LogP contribution in [0.25, 0.3) is 10.8 Å². The number of phenols is 1. The molecule has 5 aromatic rings. The third-order valence-electron chi connectivity index (χ3n) is 8.66. The molecule has 26 nitrogen and oxygen atoms in total. The van der Waals surface area contributed by atoms with Gasteiger partial charge in [-0.15, -0.1) is 19.7 Å². The number of nitrogens with zero attached hydrogens (tertiary/aromatic N) is 5. The third-order valence-corrected chi connectivity index (χ3v) is 14.2. The van der Waals surface area contributed by atoms with Crippen molar-refractivity contribution < 1.29 is 209 Å². The number of phenolic OH excluding ortho intramolecular Hbond substituents is 1. The Morgan fingerprint density at radius 2 is 1.38 bits per heavy atom. The SMILES string of the molecule is Nc1ccc2c(O)c(N=Nc3cccc(C(=O)N(CCS(=O)(=O)CCOS(=O)(=O)[O-])c4ccccc4)c3)c(SOO[O-])cc2c1N=Nc1ccc(S(=O)(=O)CCOSOO[O-])cc1S(=O)(=O)[O-].[Na+].[Na+].[Na+].[Na+]. The van der Waals surface area contributed by atoms with E-state index in [4.69, 9.17) is 5.73 Å². The molecular formula is C35H30N6Na4O20S6. The zero-order valence-electron chi connectivity index (χ0n) is 37.4. The van der Waals surface area contributed by atoms with Crippen LogP contribution in [-0.4, -0.2) is 90.8 Å². The van der Waals surface area contributed by atoms with Crippen LogP contribution < -0.4 is 139 Å². The van der Waals surface area contributed by atoms with Crippen LogP contribution in [0, 0.1) is 0 Å². The van der Waals surface area contributed by atoms with Crippen LogP contribution in [0.3, 0.4) is 0 Å². The molecule has 0 atom stereocenters. The van der Waals surface area contributed by atoms with Gasteiger partial charge in [0.05, 0.1) is 68.6 Å². The molecule has 5 rings (SSSR count). The minimum Gasteiger partial charge on any atom is -0.744 e. The summed E-state index contributed by atoms with van der Waals surface area (Å²) in [6.45, 7) is -1.88. The van der Waals surface area contributed by atoms with Crippen molar-refractivity contribution in [3.63, 3.8) is 0 Å². The number of hydrogen-bond acceptors (Lipinski definition) is 27. The quantitative estimate of drug-likeness (QED) is 0.00667. The van der Waals surface area contributed by atoms with Crippen LogP contribution >= 0.6 is 24.4 Å². The number of hydrogen-bond donors (Lipinski definition) is 2. The molecule has 0 radical (unpaired) electrons. The third kappa shape index (κ3) is 20.3. The molecule has 0 aromatic heterocycles. The Kier molecular flexibility index (Phi) is 29.6. The molecule has 0 aliphatic heterocycles. The summed E-state index contributed by atoms with van der Waals surface area (Å²) in [6.07, 6.45) is 0. The molecule has 360 valence electrons. The fourth-order valence-electron chi connectivity index (χ4n) is 5.66. The van der Waals surface area contributed by atoms with Gasteiger partial charge in [-0.2, -0.15) is 9.45 Å². The number of anilines is 2. The predicted octanol–water partition coefficient (Wildman–Crippen LogP) is -8.78. The monoisotopic (exact) mass is 1140 g/mol. The molecule has 71 heavy (non-hydrogen) atoms. The molecule has 0 bridgehead atoms. The maximum Gasteiger partial charge on any atom is 1.00 e. The molecule has 0 aliphatic rings. The zero-order chi connectivity index (χ0) is 49.0. The number of nitrogens with two attached hydrogens (primary N) is 1. The van der Waals surface area contributed by atoms with Crippen molar-refractivity contribution in [2.75, 3.05) is 47.7 Å². The van der Waals surface area contributed by atoms with Crippen LogP contribution in [0.1, 0.15) is 10.4 Å². The average Bonchev–Trinajstić information content (AvgIpc) is 3.27. The van der Waals surface area contributed by atoms with Gasteiger partial charge >= 0.3 is 118 Å².